The van der Waals surface area contributed by atoms with Crippen LogP contribution >= 0.6 is 15.9 Å². The van der Waals surface area contributed by atoms with Gasteiger partial charge in [-0.3, -0.25) is 0 Å². The average Bonchev–Trinajstić information content (AvgIpc) is 1.62. The first kappa shape index (κ1) is 56.0. The van der Waals surface area contributed by atoms with Gasteiger partial charge in [0.2, 0.25) is 0 Å². The highest BCUT2D eigenvalue weighted by atomic mass is 79.9. The molecule has 0 radical (unpaired) electrons. The van der Waals surface area contributed by atoms with Crippen LogP contribution in [0.5, 0.6) is 0 Å². The van der Waals surface area contributed by atoms with Crippen LogP contribution in [0, 0.1) is 0 Å². The van der Waals surface area contributed by atoms with E-state index in [1.807, 2.05) is 24.3 Å². The minimum absolute atomic E-state index is 0.283. The van der Waals surface area contributed by atoms with E-state index in [1.165, 1.54) is 89.0 Å². The SMILES string of the molecule is Brc1ccc(C2(c3ccccc3)c3ccccc3-c3ccccc32)cc1.c1ccc(-c2ccc(N(c3ccccc3)c3ccc(C4(c5ccccc5)c5ccccc5-c5ccccc54)cc3)cc2)cc1.c1ccc(Nc2ccc(-c3ccccc3)cc2)cc1. The van der Waals surface area contributed by atoms with E-state index in [-0.39, 0.29) is 5.41 Å². The zero-order chi connectivity index (χ0) is 59.8. The minimum atomic E-state index is -0.401. The molecule has 2 nitrogen and oxygen atoms in total. The summed E-state index contributed by atoms with van der Waals surface area (Å²) in [6.07, 6.45) is 0. The maximum atomic E-state index is 3.59. The smallest absolute Gasteiger partial charge is 0.0713 e. The molecule has 0 saturated carbocycles. The van der Waals surface area contributed by atoms with Gasteiger partial charge in [-0.2, -0.15) is 0 Å². The fourth-order valence-corrected chi connectivity index (χ4v) is 13.8. The van der Waals surface area contributed by atoms with Crippen molar-refractivity contribution in [3.63, 3.8) is 0 Å². The van der Waals surface area contributed by atoms with Crippen LogP contribution in [0.15, 0.2) is 381 Å². The monoisotopic (exact) mass is 1200 g/mol. The van der Waals surface area contributed by atoms with E-state index in [2.05, 4.69) is 378 Å². The van der Waals surface area contributed by atoms with E-state index in [4.69, 9.17) is 0 Å². The predicted octanol–water partition coefficient (Wildman–Crippen LogP) is 23.1. The second-order valence-corrected chi connectivity index (χ2v) is 23.4. The fraction of sp³-hybridized carbons (Fsp3) is 0.0233. The third-order valence-corrected chi connectivity index (χ3v) is 18.0. The number of nitrogens with one attached hydrogen (secondary N) is 1. The molecule has 0 heterocycles. The molecular formula is C86H63BrN2. The van der Waals surface area contributed by atoms with Crippen molar-refractivity contribution in [2.75, 3.05) is 10.2 Å². The van der Waals surface area contributed by atoms with Crippen LogP contribution in [0.3, 0.4) is 0 Å². The summed E-state index contributed by atoms with van der Waals surface area (Å²) in [4.78, 5) is 2.34. The quantitative estimate of drug-likeness (QED) is 0.139. The zero-order valence-electron chi connectivity index (χ0n) is 49.1. The molecule has 0 aromatic heterocycles. The first-order valence-corrected chi connectivity index (χ1v) is 31.2. The number of halogens is 1. The Morgan fingerprint density at radius 2 is 0.472 bits per heavy atom. The maximum absolute atomic E-state index is 3.59. The van der Waals surface area contributed by atoms with Gasteiger partial charge in [0.15, 0.2) is 0 Å². The van der Waals surface area contributed by atoms with E-state index in [1.54, 1.807) is 0 Å². The first-order valence-electron chi connectivity index (χ1n) is 30.4. The van der Waals surface area contributed by atoms with Gasteiger partial charge in [-0.15, -0.1) is 0 Å². The molecule has 0 unspecified atom stereocenters. The highest BCUT2D eigenvalue weighted by Gasteiger charge is 2.47. The summed E-state index contributed by atoms with van der Waals surface area (Å²) < 4.78 is 1.10. The first-order chi connectivity index (χ1) is 44.1. The van der Waals surface area contributed by atoms with Gasteiger partial charge in [-0.25, -0.2) is 0 Å². The Labute approximate surface area is 531 Å². The molecule has 89 heavy (non-hydrogen) atoms. The van der Waals surface area contributed by atoms with Crippen molar-refractivity contribution in [3.8, 4) is 44.5 Å². The molecule has 1 N–H and O–H groups in total. The van der Waals surface area contributed by atoms with Crippen molar-refractivity contribution in [2.45, 2.75) is 10.8 Å². The highest BCUT2D eigenvalue weighted by Crippen LogP contribution is 2.58. The Kier molecular flexibility index (Phi) is 15.9. The lowest BCUT2D eigenvalue weighted by Gasteiger charge is -2.34. The molecule has 0 bridgehead atoms. The summed E-state index contributed by atoms with van der Waals surface area (Å²) in [5.41, 5.74) is 25.6. The number of benzene rings is 14. The minimum Gasteiger partial charge on any atom is -0.356 e. The standard InChI is InChI=1S/C43H31N.C25H17Br.C18H15N/c1-4-14-32(15-5-1)33-24-28-37(29-25-33)44(36-18-8-3-9-19-36)38-30-26-35(27-31-38)43(34-16-6-2-7-17-34)41-22-12-10-20-39(41)40-21-11-13-23-42(40)43;26-20-16-14-19(15-17-20)25(18-8-2-1-3-9-18)23-12-6-4-10-21(23)22-11-5-7-13-24(22)25;1-3-7-15(8-4-1)16-11-13-18(14-12-16)19-17-9-5-2-6-10-17/h1-31H;1-17H;1-14,19H. The molecule has 2 aliphatic rings. The van der Waals surface area contributed by atoms with Gasteiger partial charge in [0, 0.05) is 32.9 Å². The normalized spacial score (nSPS) is 12.5. The van der Waals surface area contributed by atoms with E-state index >= 15 is 0 Å². The van der Waals surface area contributed by atoms with E-state index in [9.17, 15) is 0 Å². The average molecular weight is 1200 g/mol. The third kappa shape index (κ3) is 10.8. The topological polar surface area (TPSA) is 15.3 Å². The maximum Gasteiger partial charge on any atom is 0.0713 e. The number of rotatable bonds is 11. The lowest BCUT2D eigenvalue weighted by Crippen LogP contribution is -2.28. The number of para-hydroxylation sites is 2. The number of nitrogens with zero attached hydrogens (tertiary/aromatic N) is 1. The van der Waals surface area contributed by atoms with Crippen LogP contribution in [-0.2, 0) is 10.8 Å². The molecule has 16 rings (SSSR count). The molecule has 0 fully saturated rings. The van der Waals surface area contributed by atoms with Gasteiger partial charge < -0.3 is 10.2 Å². The molecule has 2 aliphatic carbocycles. The van der Waals surface area contributed by atoms with Crippen LogP contribution in [0.1, 0.15) is 44.5 Å². The second kappa shape index (κ2) is 25.2. The van der Waals surface area contributed by atoms with Crippen molar-refractivity contribution in [1.82, 2.24) is 0 Å². The third-order valence-electron chi connectivity index (χ3n) is 17.5. The Hall–Kier alpha value is -10.8. The number of hydrogen-bond donors (Lipinski definition) is 1. The molecule has 3 heteroatoms. The molecule has 0 aliphatic heterocycles. The molecular weight excluding hydrogens is 1140 g/mol. The van der Waals surface area contributed by atoms with Crippen LogP contribution in [0.4, 0.5) is 28.4 Å². The fourth-order valence-electron chi connectivity index (χ4n) is 13.5. The summed E-state index contributed by atoms with van der Waals surface area (Å²) >= 11 is 3.59. The molecule has 0 spiro atoms. The van der Waals surface area contributed by atoms with Crippen LogP contribution in [0.2, 0.25) is 0 Å². The molecule has 0 atom stereocenters. The van der Waals surface area contributed by atoms with Gasteiger partial charge in [0.05, 0.1) is 10.8 Å². The van der Waals surface area contributed by atoms with Crippen molar-refractivity contribution in [2.24, 2.45) is 0 Å². The van der Waals surface area contributed by atoms with Gasteiger partial charge in [-0.1, -0.05) is 319 Å². The van der Waals surface area contributed by atoms with Crippen molar-refractivity contribution in [1.29, 1.82) is 0 Å². The lowest BCUT2D eigenvalue weighted by molar-refractivity contribution is 0.768. The lowest BCUT2D eigenvalue weighted by atomic mass is 9.68. The molecule has 0 amide bonds. The molecule has 14 aromatic rings. The summed E-state index contributed by atoms with van der Waals surface area (Å²) in [5, 5.41) is 3.38. The van der Waals surface area contributed by atoms with Crippen molar-refractivity contribution in [3.05, 3.63) is 425 Å². The Bertz CT molecular complexity index is 4540. The number of fused-ring (bicyclic) bond motifs is 6. The summed E-state index contributed by atoms with van der Waals surface area (Å²) in [6.45, 7) is 0. The summed E-state index contributed by atoms with van der Waals surface area (Å²) in [7, 11) is 0. The summed E-state index contributed by atoms with van der Waals surface area (Å²) in [5.74, 6) is 0. The molecule has 14 aromatic carbocycles. The van der Waals surface area contributed by atoms with E-state index in [0.29, 0.717) is 0 Å². The predicted molar refractivity (Wildman–Crippen MR) is 377 cm³/mol. The number of hydrogen-bond acceptors (Lipinski definition) is 2. The van der Waals surface area contributed by atoms with Crippen molar-refractivity contribution >= 4 is 44.4 Å². The van der Waals surface area contributed by atoms with Crippen LogP contribution < -0.4 is 10.2 Å². The van der Waals surface area contributed by atoms with Gasteiger partial charge in [0.1, 0.15) is 0 Å². The van der Waals surface area contributed by atoms with Gasteiger partial charge in [-0.05, 0) is 162 Å². The van der Waals surface area contributed by atoms with Crippen molar-refractivity contribution < 1.29 is 0 Å². The zero-order valence-corrected chi connectivity index (χ0v) is 50.7. The Morgan fingerprint density at radius 1 is 0.213 bits per heavy atom. The van der Waals surface area contributed by atoms with Crippen LogP contribution in [0.25, 0.3) is 44.5 Å². The largest absolute Gasteiger partial charge is 0.356 e. The Morgan fingerprint density at radius 3 is 0.865 bits per heavy atom. The summed E-state index contributed by atoms with van der Waals surface area (Å²) in [6, 6.07) is 134. The molecule has 424 valence electrons. The number of anilines is 5. The Balaban J connectivity index is 0.000000130. The second-order valence-electron chi connectivity index (χ2n) is 22.5. The highest BCUT2D eigenvalue weighted by molar-refractivity contribution is 9.10. The van der Waals surface area contributed by atoms with Gasteiger partial charge in [0.25, 0.3) is 0 Å². The molecule has 0 saturated heterocycles. The van der Waals surface area contributed by atoms with Crippen LogP contribution in [-0.4, -0.2) is 0 Å². The van der Waals surface area contributed by atoms with Gasteiger partial charge >= 0.3 is 0 Å². The van der Waals surface area contributed by atoms with E-state index < -0.39 is 5.41 Å². The van der Waals surface area contributed by atoms with E-state index in [0.717, 1.165) is 32.9 Å².